The lowest BCUT2D eigenvalue weighted by Gasteiger charge is -2.05. The van der Waals surface area contributed by atoms with Gasteiger partial charge in [0.05, 0.1) is 32.3 Å². The fourth-order valence-corrected chi connectivity index (χ4v) is 21.1. The minimum atomic E-state index is 0.448. The molecule has 13 aromatic rings. The van der Waals surface area contributed by atoms with Crippen LogP contribution in [0.15, 0.2) is 218 Å². The van der Waals surface area contributed by atoms with Crippen molar-refractivity contribution in [1.29, 1.82) is 0 Å². The van der Waals surface area contributed by atoms with E-state index in [4.69, 9.17) is 0 Å². The van der Waals surface area contributed by atoms with Crippen molar-refractivity contribution in [3.8, 4) is 0 Å². The molecule has 13 rings (SSSR count). The van der Waals surface area contributed by atoms with Crippen molar-refractivity contribution in [3.63, 3.8) is 0 Å². The molecule has 0 unspecified atom stereocenters. The third kappa shape index (κ3) is 38.0. The zero-order valence-corrected chi connectivity index (χ0v) is 92.0. The van der Waals surface area contributed by atoms with E-state index in [1.165, 1.54) is 303 Å². The van der Waals surface area contributed by atoms with E-state index in [0.29, 0.717) is 32.3 Å². The molecule has 0 aliphatic rings. The molecule has 0 saturated carbocycles. The van der Waals surface area contributed by atoms with Crippen LogP contribution < -0.4 is 0 Å². The van der Waals surface area contributed by atoms with Gasteiger partial charge in [-0.3, -0.25) is 0 Å². The van der Waals surface area contributed by atoms with Crippen LogP contribution in [-0.4, -0.2) is 0 Å². The maximum atomic E-state index is 3.76. The molecule has 0 N–H and O–H groups in total. The van der Waals surface area contributed by atoms with Gasteiger partial charge >= 0.3 is 0 Å². The molecular weight excluding hydrogens is 1800 g/mol. The van der Waals surface area contributed by atoms with E-state index in [0.717, 1.165) is 174 Å². The minimum absolute atomic E-state index is 0.448. The Morgan fingerprint density at radius 2 is 0.207 bits per heavy atom. The number of hydrogen-bond acceptors (Lipinski definition) is 0. The molecule has 0 amide bonds. The van der Waals surface area contributed by atoms with Gasteiger partial charge in [0, 0.05) is 32.3 Å². The van der Waals surface area contributed by atoms with Gasteiger partial charge in [0.25, 0.3) is 0 Å². The first kappa shape index (κ1) is 113. The summed E-state index contributed by atoms with van der Waals surface area (Å²) in [6.07, 6.45) is 65.0. The van der Waals surface area contributed by atoms with Crippen LogP contribution >= 0.6 is 0 Å². The van der Waals surface area contributed by atoms with E-state index < -0.39 is 0 Å². The Bertz CT molecular complexity index is 5670. The van der Waals surface area contributed by atoms with Crippen molar-refractivity contribution < 1.29 is 0 Å². The minimum Gasteiger partial charge on any atom is -0.0654 e. The quantitative estimate of drug-likeness (QED) is 0.0333. The molecule has 0 heteroatoms. The predicted octanol–water partition coefficient (Wildman–Crippen LogP) is 42.9. The molecule has 0 spiro atoms. The summed E-state index contributed by atoms with van der Waals surface area (Å²) in [5, 5.41) is 20.0. The van der Waals surface area contributed by atoms with Gasteiger partial charge in [0.2, 0.25) is 0 Å². The van der Waals surface area contributed by atoms with Crippen LogP contribution in [0.1, 0.15) is 383 Å². The lowest BCUT2D eigenvalue weighted by molar-refractivity contribution is 0.575. The number of hydrogen-bond donors (Lipinski definition) is 0. The maximum absolute atomic E-state index is 3.76. The molecule has 0 heterocycles. The van der Waals surface area contributed by atoms with E-state index in [-0.39, 0.29) is 0 Å². The average Bonchev–Trinajstić information content (AvgIpc) is 0.760. The second-order valence-electron chi connectivity index (χ2n) is 41.8. The smallest absolute Gasteiger partial charge is 0.0595 e. The van der Waals surface area contributed by atoms with Crippen LogP contribution in [0.25, 0.3) is 129 Å². The second-order valence-corrected chi connectivity index (χ2v) is 41.8. The van der Waals surface area contributed by atoms with Crippen LogP contribution in [0.4, 0.5) is 0 Å². The third-order valence-corrected chi connectivity index (χ3v) is 29.6. The number of rotatable bonds is 54. The molecular formula is C150H162. The third-order valence-electron chi connectivity index (χ3n) is 29.6. The van der Waals surface area contributed by atoms with Gasteiger partial charge in [-0.2, -0.15) is 0 Å². The first-order valence-corrected chi connectivity index (χ1v) is 58.8. The highest BCUT2D eigenvalue weighted by Crippen LogP contribution is 2.33. The highest BCUT2D eigenvalue weighted by atomic mass is 14.2. The van der Waals surface area contributed by atoms with Gasteiger partial charge in [0.1, 0.15) is 0 Å². The second kappa shape index (κ2) is 67.3. The fraction of sp³-hybridized carbons (Fsp3) is 0.400. The fourth-order valence-electron chi connectivity index (χ4n) is 21.1. The summed E-state index contributed by atoms with van der Waals surface area (Å²) in [6, 6.07) is 169. The number of unbranched alkanes of at least 4 members (excludes halogenated alkanes) is 42. The van der Waals surface area contributed by atoms with Crippen molar-refractivity contribution in [2.45, 2.75) is 388 Å². The van der Waals surface area contributed by atoms with Crippen LogP contribution in [-0.2, 0) is 38.5 Å². The number of fused-ring (bicyclic) bond motifs is 6. The van der Waals surface area contributed by atoms with E-state index in [1.54, 1.807) is 0 Å². The highest BCUT2D eigenvalue weighted by Gasteiger charge is 2.12. The van der Waals surface area contributed by atoms with Crippen molar-refractivity contribution >= 4 is 129 Å². The standard InChI is InChI=1S/C150H162/c1-7-13-19-25-31-37-43-49-79-121-109-127-85-55-57-87-129-111-122(80-50-44-38-32-26-20-14-8-2)113-131-89-59-61-91-133-115-124(82-52-46-40-34-28-22-16-10-4)117-135-93-63-65-95-137-119-126(84-54-48-42-36-30-24-18-12-6)120-138-96-66-64-94-136-118-125(83-53-47-41-35-29-23-17-11-5)116-134-92-62-60-90-132-114-123(81-51-45-39-33-27-21-15-9-3)112-130-88-58-56-86-128(110-121)139(127)97-67-73-103-145-146(104-74-68-98-140(129)131)148(106-76-70-100-142(133)135)150(108-78-72-102-144(137)138)149(107-77-71-101-143(134)136)147(145)105-75-69-99-141(130)132/h55-66,85-96,109-120H,7-54,79-84H2,1-6H3. The SMILES string of the molecule is CCCCCCCCCCc1cc2ccccc3cc(CCCCCCCCCC)cc4ccccc5cc(CCCCCCCCCC)cc6ccccc7cc(CCCCCCCCCC)cc8ccccc9cc(CCCCCCCCCC)cc%10ccccc%11cc(CCCCCCCCCC)cc%12ccccc(c1)c2c#cc#cc1c(c#cc#cc34)c(c#cc#cc56)c(c#cc#cc78)c(c#cc#cc%109)c1c#cc#cc%12%11. The zero-order chi connectivity index (χ0) is 104. The maximum Gasteiger partial charge on any atom is 0.0595 e. The molecule has 0 aromatic heterocycles. The van der Waals surface area contributed by atoms with E-state index in [1.807, 2.05) is 0 Å². The van der Waals surface area contributed by atoms with Gasteiger partial charge in [0.15, 0.2) is 0 Å². The molecule has 0 atom stereocenters. The molecule has 762 valence electrons. The van der Waals surface area contributed by atoms with Gasteiger partial charge in [-0.1, -0.05) is 602 Å². The van der Waals surface area contributed by atoms with Crippen molar-refractivity contribution in [2.75, 3.05) is 0 Å². The van der Waals surface area contributed by atoms with Crippen LogP contribution in [0, 0.1) is 146 Å². The summed E-state index contributed by atoms with van der Waals surface area (Å²) < 4.78 is 0. The molecule has 0 fully saturated rings. The molecule has 0 saturated heterocycles. The predicted molar refractivity (Wildman–Crippen MR) is 645 cm³/mol. The summed E-state index contributed by atoms with van der Waals surface area (Å²) in [4.78, 5) is 0. The molecule has 13 aromatic carbocycles. The van der Waals surface area contributed by atoms with Crippen LogP contribution in [0.2, 0.25) is 0 Å². The monoisotopic (exact) mass is 1960 g/mol. The Hall–Kier alpha value is -13.9. The summed E-state index contributed by atoms with van der Waals surface area (Å²) in [5.41, 5.74) is 7.61. The zero-order valence-electron chi connectivity index (χ0n) is 92.0. The van der Waals surface area contributed by atoms with Crippen molar-refractivity contribution in [1.82, 2.24) is 0 Å². The molecule has 0 nitrogen and oxygen atoms in total. The Kier molecular flexibility index (Phi) is 50.8. The lowest BCUT2D eigenvalue weighted by atomic mass is 9.99. The van der Waals surface area contributed by atoms with E-state index in [2.05, 4.69) is 406 Å². The lowest BCUT2D eigenvalue weighted by Crippen LogP contribution is -1.87. The van der Waals surface area contributed by atoms with Crippen LogP contribution in [0.5, 0.6) is 0 Å². The Morgan fingerprint density at radius 3 is 0.313 bits per heavy atom. The topological polar surface area (TPSA) is 0 Å². The number of aryl methyl sites for hydroxylation is 6. The normalized spacial score (nSPS) is 10.6. The van der Waals surface area contributed by atoms with E-state index >= 15 is 0 Å². The van der Waals surface area contributed by atoms with Gasteiger partial charge in [-0.25, -0.2) is 0 Å². The summed E-state index contributed by atoms with van der Waals surface area (Å²) >= 11 is 0. The molecule has 150 heavy (non-hydrogen) atoms. The van der Waals surface area contributed by atoms with Gasteiger partial charge in [-0.15, -0.1) is 0 Å². The van der Waals surface area contributed by atoms with E-state index in [9.17, 15) is 0 Å². The van der Waals surface area contributed by atoms with Crippen LogP contribution in [0.3, 0.4) is 0 Å². The molecule has 12 bridgehead atoms. The summed E-state index contributed by atoms with van der Waals surface area (Å²) in [6.45, 7) is 13.8. The average molecular weight is 1960 g/mol. The van der Waals surface area contributed by atoms with Gasteiger partial charge in [-0.05, 0) is 248 Å². The summed E-state index contributed by atoms with van der Waals surface area (Å²) in [7, 11) is 0. The largest absolute Gasteiger partial charge is 0.0654 e. The molecule has 0 radical (unpaired) electrons. The molecule has 0 aliphatic carbocycles. The summed E-state index contributed by atoms with van der Waals surface area (Å²) in [5.74, 6) is 0. The Morgan fingerprint density at radius 1 is 0.113 bits per heavy atom. The first-order chi connectivity index (χ1) is 74.3. The first-order valence-electron chi connectivity index (χ1n) is 58.8. The Balaban J connectivity index is 1.24. The molecule has 0 aliphatic heterocycles. The van der Waals surface area contributed by atoms with Gasteiger partial charge < -0.3 is 0 Å². The number of benzene rings is 7. The highest BCUT2D eigenvalue weighted by molar-refractivity contribution is 6.22. The Labute approximate surface area is 908 Å². The van der Waals surface area contributed by atoms with Crippen molar-refractivity contribution in [3.05, 3.63) is 397 Å². The van der Waals surface area contributed by atoms with Crippen molar-refractivity contribution in [2.24, 2.45) is 0 Å².